The van der Waals surface area contributed by atoms with E-state index in [0.717, 1.165) is 30.9 Å². The lowest BCUT2D eigenvalue weighted by Crippen LogP contribution is -2.44. The van der Waals surface area contributed by atoms with Crippen LogP contribution in [0, 0.1) is 20.8 Å². The van der Waals surface area contributed by atoms with Crippen molar-refractivity contribution in [1.82, 2.24) is 14.5 Å². The van der Waals surface area contributed by atoms with Gasteiger partial charge in [-0.15, -0.1) is 10.2 Å². The fourth-order valence-electron chi connectivity index (χ4n) is 2.85. The highest BCUT2D eigenvalue weighted by molar-refractivity contribution is 7.90. The monoisotopic (exact) mass is 459 g/mol. The molecule has 0 aliphatic heterocycles. The number of nitrogens with one attached hydrogen (secondary N) is 1. The van der Waals surface area contributed by atoms with E-state index in [-0.39, 0.29) is 6.54 Å². The fourth-order valence-corrected chi connectivity index (χ4v) is 4.74. The first kappa shape index (κ1) is 22.9. The topological polar surface area (TPSA) is 95.5 Å². The van der Waals surface area contributed by atoms with Crippen molar-refractivity contribution >= 4 is 38.3 Å². The molecule has 0 saturated heterocycles. The molecule has 1 heterocycles. The van der Waals surface area contributed by atoms with Gasteiger partial charge < -0.3 is 0 Å². The van der Waals surface area contributed by atoms with Gasteiger partial charge in [0, 0.05) is 19.7 Å². The summed E-state index contributed by atoms with van der Waals surface area (Å²) in [7, 11) is -1.02. The molecule has 10 heteroatoms. The molecule has 31 heavy (non-hydrogen) atoms. The molecule has 164 valence electrons. The highest BCUT2D eigenvalue weighted by Crippen LogP contribution is 2.28. The second-order valence-corrected chi connectivity index (χ2v) is 10.5. The SMILES string of the molecule is Cc1ccc(-c2nnc(NC(=O)CN(c3cc(C)ccc3C)S(=O)(=O)N(C)C)s2)cc1. The molecule has 2 aromatic carbocycles. The van der Waals surface area contributed by atoms with Crippen molar-refractivity contribution in [2.24, 2.45) is 0 Å². The average molecular weight is 460 g/mol. The van der Waals surface area contributed by atoms with Crippen molar-refractivity contribution in [3.05, 3.63) is 59.2 Å². The van der Waals surface area contributed by atoms with Gasteiger partial charge in [0.05, 0.1) is 5.69 Å². The van der Waals surface area contributed by atoms with Crippen molar-refractivity contribution in [2.45, 2.75) is 20.8 Å². The van der Waals surface area contributed by atoms with Gasteiger partial charge in [0.25, 0.3) is 0 Å². The summed E-state index contributed by atoms with van der Waals surface area (Å²) in [6.45, 7) is 5.30. The number of hydrogen-bond donors (Lipinski definition) is 1. The van der Waals surface area contributed by atoms with Gasteiger partial charge in [-0.3, -0.25) is 10.1 Å². The second kappa shape index (κ2) is 9.13. The van der Waals surface area contributed by atoms with Crippen LogP contribution in [0.15, 0.2) is 42.5 Å². The summed E-state index contributed by atoms with van der Waals surface area (Å²) in [5.41, 5.74) is 4.14. The zero-order valence-corrected chi connectivity index (χ0v) is 19.7. The van der Waals surface area contributed by atoms with Crippen LogP contribution in [0.25, 0.3) is 10.6 Å². The number of aromatic nitrogens is 2. The number of carbonyl (C=O) groups excluding carboxylic acids is 1. The van der Waals surface area contributed by atoms with Crippen molar-refractivity contribution in [2.75, 3.05) is 30.3 Å². The largest absolute Gasteiger partial charge is 0.304 e. The van der Waals surface area contributed by atoms with Gasteiger partial charge in [-0.25, -0.2) is 4.31 Å². The minimum absolute atomic E-state index is 0.309. The molecular weight excluding hydrogens is 434 g/mol. The normalized spacial score (nSPS) is 11.5. The molecule has 1 amide bonds. The van der Waals surface area contributed by atoms with Crippen molar-refractivity contribution in [1.29, 1.82) is 0 Å². The molecule has 3 rings (SSSR count). The van der Waals surface area contributed by atoms with Gasteiger partial charge in [-0.1, -0.05) is 53.3 Å². The zero-order chi connectivity index (χ0) is 22.8. The van der Waals surface area contributed by atoms with E-state index in [4.69, 9.17) is 0 Å². The van der Waals surface area contributed by atoms with E-state index in [1.54, 1.807) is 6.07 Å². The fraction of sp³-hybridized carbons (Fsp3) is 0.286. The molecule has 0 aliphatic carbocycles. The number of aryl methyl sites for hydroxylation is 3. The summed E-state index contributed by atoms with van der Waals surface area (Å²) in [6, 6.07) is 13.3. The van der Waals surface area contributed by atoms with Crippen LogP contribution in [0.2, 0.25) is 0 Å². The molecule has 0 bridgehead atoms. The van der Waals surface area contributed by atoms with Gasteiger partial charge in [0.1, 0.15) is 11.6 Å². The van der Waals surface area contributed by atoms with E-state index in [0.29, 0.717) is 15.8 Å². The summed E-state index contributed by atoms with van der Waals surface area (Å²) in [4.78, 5) is 12.8. The van der Waals surface area contributed by atoms with E-state index in [1.165, 1.54) is 25.4 Å². The Morgan fingerprint density at radius 1 is 1.00 bits per heavy atom. The lowest BCUT2D eigenvalue weighted by atomic mass is 10.1. The van der Waals surface area contributed by atoms with E-state index < -0.39 is 16.1 Å². The highest BCUT2D eigenvalue weighted by Gasteiger charge is 2.28. The number of amides is 1. The molecule has 8 nitrogen and oxygen atoms in total. The maximum atomic E-state index is 12.9. The van der Waals surface area contributed by atoms with Gasteiger partial charge in [-0.2, -0.15) is 12.7 Å². The Kier molecular flexibility index (Phi) is 6.73. The van der Waals surface area contributed by atoms with Crippen LogP contribution >= 0.6 is 11.3 Å². The van der Waals surface area contributed by atoms with E-state index >= 15 is 0 Å². The molecule has 1 aromatic heterocycles. The molecular formula is C21H25N5O3S2. The second-order valence-electron chi connectivity index (χ2n) is 7.41. The summed E-state index contributed by atoms with van der Waals surface area (Å²) in [6.07, 6.45) is 0. The molecule has 0 radical (unpaired) electrons. The average Bonchev–Trinajstić information content (AvgIpc) is 3.16. The van der Waals surface area contributed by atoms with Crippen molar-refractivity contribution < 1.29 is 13.2 Å². The van der Waals surface area contributed by atoms with Crippen LogP contribution in [0.1, 0.15) is 16.7 Å². The molecule has 3 aromatic rings. The Balaban J connectivity index is 1.83. The molecule has 0 fully saturated rings. The summed E-state index contributed by atoms with van der Waals surface area (Å²) in [5, 5.41) is 11.8. The van der Waals surface area contributed by atoms with Crippen molar-refractivity contribution in [3.63, 3.8) is 0 Å². The Bertz CT molecular complexity index is 1190. The number of carbonyl (C=O) groups is 1. The van der Waals surface area contributed by atoms with Crippen LogP contribution < -0.4 is 9.62 Å². The zero-order valence-electron chi connectivity index (χ0n) is 18.1. The third kappa shape index (κ3) is 5.27. The smallest absolute Gasteiger partial charge is 0.299 e. The lowest BCUT2D eigenvalue weighted by molar-refractivity contribution is -0.114. The maximum Gasteiger partial charge on any atom is 0.304 e. The third-order valence-corrected chi connectivity index (χ3v) is 7.32. The highest BCUT2D eigenvalue weighted by atomic mass is 32.2. The maximum absolute atomic E-state index is 12.9. The molecule has 0 aliphatic rings. The number of nitrogens with zero attached hydrogens (tertiary/aromatic N) is 4. The first-order valence-corrected chi connectivity index (χ1v) is 11.8. The summed E-state index contributed by atoms with van der Waals surface area (Å²) >= 11 is 1.23. The lowest BCUT2D eigenvalue weighted by Gasteiger charge is -2.28. The van der Waals surface area contributed by atoms with Crippen LogP contribution in [0.5, 0.6) is 0 Å². The number of anilines is 2. The molecule has 1 N–H and O–H groups in total. The Labute approximate surface area is 186 Å². The minimum Gasteiger partial charge on any atom is -0.299 e. The number of rotatable bonds is 7. The van der Waals surface area contributed by atoms with E-state index in [9.17, 15) is 13.2 Å². The summed E-state index contributed by atoms with van der Waals surface area (Å²) < 4.78 is 28.1. The first-order valence-electron chi connectivity index (χ1n) is 9.56. The van der Waals surface area contributed by atoms with Gasteiger partial charge in [0.15, 0.2) is 0 Å². The van der Waals surface area contributed by atoms with Gasteiger partial charge in [0.2, 0.25) is 11.0 Å². The van der Waals surface area contributed by atoms with Gasteiger partial charge in [-0.05, 0) is 38.0 Å². The first-order chi connectivity index (χ1) is 14.6. The molecule has 0 unspecified atom stereocenters. The molecule has 0 spiro atoms. The van der Waals surface area contributed by atoms with Crippen molar-refractivity contribution in [3.8, 4) is 10.6 Å². The Hall–Kier alpha value is -2.82. The molecule has 0 atom stereocenters. The van der Waals surface area contributed by atoms with Crippen LogP contribution in [-0.4, -0.2) is 49.5 Å². The number of benzene rings is 2. The predicted octanol–water partition coefficient (Wildman–Crippen LogP) is 3.38. The standard InChI is InChI=1S/C21H25N5O3S2/c1-14-7-10-17(11-8-14)20-23-24-21(30-20)22-19(27)13-26(31(28,29)25(4)5)18-12-15(2)6-9-16(18)3/h6-12H,13H2,1-5H3,(H,22,24,27). The van der Waals surface area contributed by atoms with Crippen LogP contribution in [-0.2, 0) is 15.0 Å². The van der Waals surface area contributed by atoms with E-state index in [2.05, 4.69) is 15.5 Å². The van der Waals surface area contributed by atoms with Crippen LogP contribution in [0.4, 0.5) is 10.8 Å². The number of hydrogen-bond acceptors (Lipinski definition) is 6. The molecule has 0 saturated carbocycles. The van der Waals surface area contributed by atoms with Crippen LogP contribution in [0.3, 0.4) is 0 Å². The Morgan fingerprint density at radius 3 is 2.29 bits per heavy atom. The predicted molar refractivity (Wildman–Crippen MR) is 125 cm³/mol. The van der Waals surface area contributed by atoms with E-state index in [1.807, 2.05) is 57.2 Å². The van der Waals surface area contributed by atoms with Gasteiger partial charge >= 0.3 is 10.2 Å². The third-order valence-electron chi connectivity index (χ3n) is 4.63. The Morgan fingerprint density at radius 2 is 1.65 bits per heavy atom. The summed E-state index contributed by atoms with van der Waals surface area (Å²) in [5.74, 6) is -0.502. The minimum atomic E-state index is -3.89. The quantitative estimate of drug-likeness (QED) is 0.584.